The maximum Gasteiger partial charge on any atom is 0.228 e. The van der Waals surface area contributed by atoms with Crippen LogP contribution in [0.1, 0.15) is 6.92 Å². The van der Waals surface area contributed by atoms with Crippen molar-refractivity contribution in [2.75, 3.05) is 18.2 Å². The molecule has 0 spiro atoms. The fourth-order valence-corrected chi connectivity index (χ4v) is 3.54. The van der Waals surface area contributed by atoms with Gasteiger partial charge in [-0.05, 0) is 40.2 Å². The molecule has 1 aromatic carbocycles. The van der Waals surface area contributed by atoms with Gasteiger partial charge in [-0.1, -0.05) is 18.7 Å². The molecule has 0 saturated heterocycles. The molecule has 3 N–H and O–H groups in total. The molecule has 0 aliphatic rings. The average Bonchev–Trinajstić information content (AvgIpc) is 2.50. The maximum atomic E-state index is 11.7. The summed E-state index contributed by atoms with van der Waals surface area (Å²) in [5, 5.41) is 13.0. The third-order valence-corrected chi connectivity index (χ3v) is 5.94. The van der Waals surface area contributed by atoms with Crippen molar-refractivity contribution < 1.29 is 9.32 Å². The molecule has 2 unspecified atom stereocenters. The Morgan fingerprint density at radius 3 is 2.65 bits per heavy atom. The summed E-state index contributed by atoms with van der Waals surface area (Å²) in [6, 6.07) is 6.78. The van der Waals surface area contributed by atoms with Gasteiger partial charge in [-0.15, -0.1) is 0 Å². The molecule has 1 heterocycles. The van der Waals surface area contributed by atoms with Crippen LogP contribution >= 0.6 is 27.7 Å². The minimum absolute atomic E-state index is 0.0306. The molecule has 2 rings (SSSR count). The number of halogens is 1. The molecular formula is C14H17BrN4O2S2. The molecular weight excluding hydrogens is 400 g/mol. The van der Waals surface area contributed by atoms with Crippen LogP contribution in [0, 0.1) is 4.78 Å². The highest BCUT2D eigenvalue weighted by molar-refractivity contribution is 9.10. The lowest BCUT2D eigenvalue weighted by atomic mass is 10.3. The van der Waals surface area contributed by atoms with Gasteiger partial charge in [-0.25, -0.2) is 19.0 Å². The first-order chi connectivity index (χ1) is 10.8. The van der Waals surface area contributed by atoms with E-state index in [0.29, 0.717) is 10.8 Å². The van der Waals surface area contributed by atoms with Crippen LogP contribution < -0.4 is 5.32 Å². The lowest BCUT2D eigenvalue weighted by Gasteiger charge is -2.11. The molecule has 23 heavy (non-hydrogen) atoms. The number of hydrogen-bond donors (Lipinski definition) is 3. The first-order valence-corrected chi connectivity index (χ1v) is 10.3. The molecule has 9 heteroatoms. The van der Waals surface area contributed by atoms with Gasteiger partial charge in [0, 0.05) is 28.3 Å². The summed E-state index contributed by atoms with van der Waals surface area (Å²) in [4.78, 5) is 9.10. The van der Waals surface area contributed by atoms with Crippen molar-refractivity contribution in [3.8, 4) is 0 Å². The summed E-state index contributed by atoms with van der Waals surface area (Å²) in [5.41, 5.74) is 0.742. The second-order valence-electron chi connectivity index (χ2n) is 4.95. The highest BCUT2D eigenvalue weighted by atomic mass is 79.9. The van der Waals surface area contributed by atoms with Crippen molar-refractivity contribution in [2.24, 2.45) is 0 Å². The Kier molecular flexibility index (Phi) is 6.01. The predicted molar refractivity (Wildman–Crippen MR) is 96.9 cm³/mol. The molecule has 0 amide bonds. The minimum atomic E-state index is -2.71. The summed E-state index contributed by atoms with van der Waals surface area (Å²) < 4.78 is 20.0. The predicted octanol–water partition coefficient (Wildman–Crippen LogP) is 3.49. The first kappa shape index (κ1) is 18.2. The summed E-state index contributed by atoms with van der Waals surface area (Å²) in [5.74, 6) is 0.427. The molecule has 0 bridgehead atoms. The molecule has 1 aromatic heterocycles. The average molecular weight is 417 g/mol. The molecule has 0 aliphatic heterocycles. The van der Waals surface area contributed by atoms with Crippen LogP contribution in [0.2, 0.25) is 0 Å². The summed E-state index contributed by atoms with van der Waals surface area (Å²) in [7, 11) is -2.71. The van der Waals surface area contributed by atoms with E-state index >= 15 is 0 Å². The van der Waals surface area contributed by atoms with E-state index in [1.54, 1.807) is 30.5 Å². The summed E-state index contributed by atoms with van der Waals surface area (Å²) in [6.45, 7) is 1.98. The number of nitrogens with zero attached hydrogens (tertiary/aromatic N) is 2. The van der Waals surface area contributed by atoms with Gasteiger partial charge in [0.25, 0.3) is 0 Å². The number of aromatic nitrogens is 2. The molecule has 2 atom stereocenters. The van der Waals surface area contributed by atoms with Crippen LogP contribution in [0.5, 0.6) is 0 Å². The second kappa shape index (κ2) is 7.61. The summed E-state index contributed by atoms with van der Waals surface area (Å²) >= 11 is 4.85. The third kappa shape index (κ3) is 5.17. The van der Waals surface area contributed by atoms with Crippen LogP contribution in [0.15, 0.2) is 44.9 Å². The van der Waals surface area contributed by atoms with Gasteiger partial charge >= 0.3 is 0 Å². The number of hydrogen-bond acceptors (Lipinski definition) is 7. The SMILES string of the molecule is CC(CO)Sc1nc(Nc2ccc(S(C)(=N)=O)cc2)ncc1Br. The van der Waals surface area contributed by atoms with Crippen molar-refractivity contribution in [3.05, 3.63) is 34.9 Å². The van der Waals surface area contributed by atoms with Gasteiger partial charge in [0.1, 0.15) is 5.03 Å². The van der Waals surface area contributed by atoms with Crippen LogP contribution in [-0.4, -0.2) is 37.4 Å². The number of benzene rings is 1. The normalized spacial score (nSPS) is 15.0. The zero-order valence-corrected chi connectivity index (χ0v) is 15.8. The van der Waals surface area contributed by atoms with E-state index in [4.69, 9.17) is 9.89 Å². The second-order valence-corrected chi connectivity index (χ2v) is 9.39. The smallest absolute Gasteiger partial charge is 0.228 e. The van der Waals surface area contributed by atoms with E-state index in [1.165, 1.54) is 18.0 Å². The zero-order chi connectivity index (χ0) is 17.0. The van der Waals surface area contributed by atoms with Crippen LogP contribution in [0.25, 0.3) is 0 Å². The van der Waals surface area contributed by atoms with Crippen molar-refractivity contribution >= 4 is 49.1 Å². The molecule has 0 saturated carbocycles. The topological polar surface area (TPSA) is 99.0 Å². The Balaban J connectivity index is 2.18. The Labute approximate surface area is 148 Å². The standard InChI is InChI=1S/C14H17BrN4O2S2/c1-9(8-20)22-13-12(15)7-17-14(19-13)18-10-3-5-11(6-4-10)23(2,16)21/h3-7,9,16,20H,8H2,1-2H3,(H,17,18,19). The maximum absolute atomic E-state index is 11.7. The number of anilines is 2. The van der Waals surface area contributed by atoms with Gasteiger partial charge in [0.05, 0.1) is 20.8 Å². The zero-order valence-electron chi connectivity index (χ0n) is 12.6. The number of nitrogens with one attached hydrogen (secondary N) is 2. The molecule has 2 aromatic rings. The quantitative estimate of drug-likeness (QED) is 0.492. The molecule has 6 nitrogen and oxygen atoms in total. The van der Waals surface area contributed by atoms with Gasteiger partial charge < -0.3 is 10.4 Å². The van der Waals surface area contributed by atoms with E-state index in [1.807, 2.05) is 6.92 Å². The van der Waals surface area contributed by atoms with E-state index < -0.39 is 9.73 Å². The first-order valence-electron chi connectivity index (χ1n) is 6.70. The van der Waals surface area contributed by atoms with Gasteiger partial charge in [0.2, 0.25) is 5.95 Å². The van der Waals surface area contributed by atoms with Gasteiger partial charge in [-0.3, -0.25) is 0 Å². The fourth-order valence-electron chi connectivity index (χ4n) is 1.65. The number of aliphatic hydroxyl groups is 1. The van der Waals surface area contributed by atoms with E-state index in [2.05, 4.69) is 31.2 Å². The lowest BCUT2D eigenvalue weighted by Crippen LogP contribution is -2.04. The highest BCUT2D eigenvalue weighted by Gasteiger charge is 2.10. The minimum Gasteiger partial charge on any atom is -0.395 e. The largest absolute Gasteiger partial charge is 0.395 e. The lowest BCUT2D eigenvalue weighted by molar-refractivity contribution is 0.300. The van der Waals surface area contributed by atoms with Gasteiger partial charge in [0.15, 0.2) is 0 Å². The number of aliphatic hydroxyl groups excluding tert-OH is 1. The molecule has 124 valence electrons. The van der Waals surface area contributed by atoms with Crippen LogP contribution in [0.4, 0.5) is 11.6 Å². The highest BCUT2D eigenvalue weighted by Crippen LogP contribution is 2.29. The molecule has 0 fully saturated rings. The molecule has 0 radical (unpaired) electrons. The Morgan fingerprint density at radius 2 is 2.09 bits per heavy atom. The van der Waals surface area contributed by atoms with Crippen molar-refractivity contribution in [1.82, 2.24) is 9.97 Å². The van der Waals surface area contributed by atoms with E-state index in [0.717, 1.165) is 15.2 Å². The Morgan fingerprint density at radius 1 is 1.43 bits per heavy atom. The monoisotopic (exact) mass is 416 g/mol. The van der Waals surface area contributed by atoms with Crippen LogP contribution in [-0.2, 0) is 9.73 Å². The Bertz CT molecular complexity index is 782. The molecule has 0 aliphatic carbocycles. The van der Waals surface area contributed by atoms with Crippen molar-refractivity contribution in [1.29, 1.82) is 4.78 Å². The van der Waals surface area contributed by atoms with E-state index in [9.17, 15) is 4.21 Å². The third-order valence-electron chi connectivity index (χ3n) is 2.84. The Hall–Kier alpha value is -1.16. The van der Waals surface area contributed by atoms with Crippen LogP contribution in [0.3, 0.4) is 0 Å². The number of thioether (sulfide) groups is 1. The summed E-state index contributed by atoms with van der Waals surface area (Å²) in [6.07, 6.45) is 3.04. The van der Waals surface area contributed by atoms with E-state index in [-0.39, 0.29) is 11.9 Å². The van der Waals surface area contributed by atoms with Crippen molar-refractivity contribution in [3.63, 3.8) is 0 Å². The van der Waals surface area contributed by atoms with Crippen molar-refractivity contribution in [2.45, 2.75) is 22.1 Å². The fraction of sp³-hybridized carbons (Fsp3) is 0.286. The number of rotatable bonds is 6. The van der Waals surface area contributed by atoms with Gasteiger partial charge in [-0.2, -0.15) is 0 Å².